The van der Waals surface area contributed by atoms with Gasteiger partial charge in [-0.3, -0.25) is 14.5 Å². The van der Waals surface area contributed by atoms with Gasteiger partial charge in [-0.25, -0.2) is 4.79 Å². The summed E-state index contributed by atoms with van der Waals surface area (Å²) in [4.78, 5) is 38.8. The highest BCUT2D eigenvalue weighted by molar-refractivity contribution is 6.07. The second kappa shape index (κ2) is 7.49. The van der Waals surface area contributed by atoms with Crippen molar-refractivity contribution >= 4 is 11.9 Å². The van der Waals surface area contributed by atoms with E-state index in [0.29, 0.717) is 6.42 Å². The van der Waals surface area contributed by atoms with Gasteiger partial charge in [0, 0.05) is 6.07 Å². The fourth-order valence-corrected chi connectivity index (χ4v) is 3.97. The highest BCUT2D eigenvalue weighted by atomic mass is 16.5. The Labute approximate surface area is 151 Å². The molecule has 1 aromatic rings. The van der Waals surface area contributed by atoms with Crippen molar-refractivity contribution in [1.82, 2.24) is 15.5 Å². The molecule has 26 heavy (non-hydrogen) atoms. The minimum absolute atomic E-state index is 0.0691. The Bertz CT molecular complexity index is 741. The summed E-state index contributed by atoms with van der Waals surface area (Å²) in [6.07, 6.45) is 4.28. The molecular weight excluding hydrogens is 338 g/mol. The molecule has 8 heteroatoms. The number of methoxy groups -OCH3 is 1. The molecule has 2 aliphatic heterocycles. The van der Waals surface area contributed by atoms with Crippen molar-refractivity contribution in [2.24, 2.45) is 5.92 Å². The summed E-state index contributed by atoms with van der Waals surface area (Å²) < 4.78 is 10.2. The van der Waals surface area contributed by atoms with E-state index in [2.05, 4.69) is 10.6 Å². The second-order valence-corrected chi connectivity index (χ2v) is 6.85. The van der Waals surface area contributed by atoms with Crippen LogP contribution in [0.15, 0.2) is 21.5 Å². The molecule has 3 heterocycles. The number of hydrogen-bond donors (Lipinski definition) is 2. The van der Waals surface area contributed by atoms with Gasteiger partial charge in [-0.15, -0.1) is 0 Å². The predicted octanol–water partition coefficient (Wildman–Crippen LogP) is 1.24. The zero-order chi connectivity index (χ0) is 18.7. The molecule has 3 rings (SSSR count). The average Bonchev–Trinajstić information content (AvgIpc) is 2.88. The van der Waals surface area contributed by atoms with Crippen LogP contribution >= 0.6 is 0 Å². The van der Waals surface area contributed by atoms with Gasteiger partial charge in [0.25, 0.3) is 5.91 Å². The lowest BCUT2D eigenvalue weighted by molar-refractivity contribution is -0.134. The number of urea groups is 1. The lowest BCUT2D eigenvalue weighted by Gasteiger charge is -2.37. The Balaban J connectivity index is 1.84. The number of carbonyl (C=O) groups is 2. The molecule has 2 N–H and O–H groups in total. The molecule has 0 unspecified atom stereocenters. The lowest BCUT2D eigenvalue weighted by atomic mass is 9.75. The maximum atomic E-state index is 13.2. The van der Waals surface area contributed by atoms with E-state index in [1.54, 1.807) is 0 Å². The highest BCUT2D eigenvalue weighted by Crippen LogP contribution is 2.36. The summed E-state index contributed by atoms with van der Waals surface area (Å²) in [5, 5.41) is 6.25. The monoisotopic (exact) mass is 363 g/mol. The molecule has 0 spiro atoms. The third kappa shape index (κ3) is 3.21. The highest BCUT2D eigenvalue weighted by Gasteiger charge is 2.54. The molecule has 2 saturated heterocycles. The minimum atomic E-state index is -0.860. The van der Waals surface area contributed by atoms with Crippen molar-refractivity contribution in [2.75, 3.05) is 20.2 Å². The molecule has 0 bridgehead atoms. The molecule has 1 aromatic heterocycles. The molecule has 2 fully saturated rings. The molecule has 1 atom stereocenters. The zero-order valence-electron chi connectivity index (χ0n) is 15.2. The first kappa shape index (κ1) is 18.4. The van der Waals surface area contributed by atoms with Gasteiger partial charge in [0.15, 0.2) is 0 Å². The van der Waals surface area contributed by atoms with E-state index in [9.17, 15) is 14.4 Å². The molecule has 8 nitrogen and oxygen atoms in total. The quantitative estimate of drug-likeness (QED) is 0.738. The number of piperidine rings is 1. The van der Waals surface area contributed by atoms with Crippen molar-refractivity contribution in [2.45, 2.75) is 44.7 Å². The van der Waals surface area contributed by atoms with Crippen LogP contribution in [0.25, 0.3) is 0 Å². The predicted molar refractivity (Wildman–Crippen MR) is 93.8 cm³/mol. The fraction of sp³-hybridized carbons (Fsp3) is 0.611. The number of amides is 3. The lowest BCUT2D eigenvalue weighted by Crippen LogP contribution is -2.55. The van der Waals surface area contributed by atoms with Gasteiger partial charge in [-0.2, -0.15) is 0 Å². The van der Waals surface area contributed by atoms with E-state index in [1.807, 2.05) is 6.92 Å². The Kier molecular flexibility index (Phi) is 5.31. The summed E-state index contributed by atoms with van der Waals surface area (Å²) in [6.45, 7) is 3.62. The van der Waals surface area contributed by atoms with Crippen molar-refractivity contribution in [3.8, 4) is 5.75 Å². The van der Waals surface area contributed by atoms with Crippen molar-refractivity contribution in [3.63, 3.8) is 0 Å². The number of ether oxygens (including phenoxy) is 1. The van der Waals surface area contributed by atoms with E-state index < -0.39 is 11.6 Å². The summed E-state index contributed by atoms with van der Waals surface area (Å²) in [7, 11) is 1.38. The molecular formula is C18H25N3O5. The normalized spacial score (nSPS) is 24.0. The topological polar surface area (TPSA) is 101 Å². The standard InChI is InChI=1S/C18H25N3O5/c1-3-6-18(12-4-7-19-8-5-12)16(23)21(17(24)20-18)10-13-9-14(22)15(25-2)11-26-13/h9,11-12,19H,3-8,10H2,1-2H3,(H,20,24)/t18-/m0/s1. The Morgan fingerprint density at radius 1 is 1.31 bits per heavy atom. The number of hydrogen-bond acceptors (Lipinski definition) is 6. The first-order valence-corrected chi connectivity index (χ1v) is 9.02. The van der Waals surface area contributed by atoms with Gasteiger partial charge in [-0.1, -0.05) is 13.3 Å². The summed E-state index contributed by atoms with van der Waals surface area (Å²) in [5.74, 6) is 0.209. The first-order chi connectivity index (χ1) is 12.5. The van der Waals surface area contributed by atoms with E-state index in [0.717, 1.165) is 37.3 Å². The largest absolute Gasteiger partial charge is 0.490 e. The van der Waals surface area contributed by atoms with E-state index >= 15 is 0 Å². The zero-order valence-corrected chi connectivity index (χ0v) is 15.2. The Morgan fingerprint density at radius 3 is 2.65 bits per heavy atom. The van der Waals surface area contributed by atoms with Gasteiger partial charge in [0.2, 0.25) is 11.2 Å². The van der Waals surface area contributed by atoms with Gasteiger partial charge in [0.05, 0.1) is 13.7 Å². The van der Waals surface area contributed by atoms with Crippen LogP contribution < -0.4 is 20.8 Å². The molecule has 0 aliphatic carbocycles. The van der Waals surface area contributed by atoms with Crippen molar-refractivity contribution in [3.05, 3.63) is 28.3 Å². The molecule has 0 radical (unpaired) electrons. The third-order valence-corrected chi connectivity index (χ3v) is 5.27. The maximum absolute atomic E-state index is 13.2. The second-order valence-electron chi connectivity index (χ2n) is 6.85. The molecule has 0 saturated carbocycles. The molecule has 3 amide bonds. The maximum Gasteiger partial charge on any atom is 0.325 e. The minimum Gasteiger partial charge on any atom is -0.490 e. The fourth-order valence-electron chi connectivity index (χ4n) is 3.97. The van der Waals surface area contributed by atoms with Gasteiger partial charge < -0.3 is 19.8 Å². The number of nitrogens with one attached hydrogen (secondary N) is 2. The van der Waals surface area contributed by atoms with Crippen LogP contribution in [-0.2, 0) is 11.3 Å². The Morgan fingerprint density at radius 2 is 2.04 bits per heavy atom. The van der Waals surface area contributed by atoms with Crippen LogP contribution in [0.3, 0.4) is 0 Å². The van der Waals surface area contributed by atoms with Crippen LogP contribution in [0.4, 0.5) is 4.79 Å². The van der Waals surface area contributed by atoms with Crippen molar-refractivity contribution < 1.29 is 18.7 Å². The van der Waals surface area contributed by atoms with Crippen LogP contribution in [0, 0.1) is 5.92 Å². The molecule has 142 valence electrons. The third-order valence-electron chi connectivity index (χ3n) is 5.27. The number of imide groups is 1. The van der Waals surface area contributed by atoms with Crippen LogP contribution in [-0.4, -0.2) is 42.6 Å². The number of nitrogens with zero attached hydrogens (tertiary/aromatic N) is 1. The van der Waals surface area contributed by atoms with E-state index in [-0.39, 0.29) is 35.3 Å². The van der Waals surface area contributed by atoms with E-state index in [1.165, 1.54) is 19.4 Å². The van der Waals surface area contributed by atoms with Crippen molar-refractivity contribution in [1.29, 1.82) is 0 Å². The summed E-state index contributed by atoms with van der Waals surface area (Å²) in [6, 6.07) is 0.824. The van der Waals surface area contributed by atoms with E-state index in [4.69, 9.17) is 9.15 Å². The van der Waals surface area contributed by atoms with Crippen LogP contribution in [0.5, 0.6) is 5.75 Å². The first-order valence-electron chi connectivity index (χ1n) is 9.02. The van der Waals surface area contributed by atoms with Crippen LogP contribution in [0.2, 0.25) is 0 Å². The van der Waals surface area contributed by atoms with Gasteiger partial charge >= 0.3 is 6.03 Å². The number of carbonyl (C=O) groups excluding carboxylic acids is 2. The van der Waals surface area contributed by atoms with Gasteiger partial charge in [0.1, 0.15) is 17.6 Å². The molecule has 2 aliphatic rings. The number of rotatable bonds is 6. The van der Waals surface area contributed by atoms with Gasteiger partial charge in [-0.05, 0) is 38.3 Å². The summed E-state index contributed by atoms with van der Waals surface area (Å²) >= 11 is 0. The summed E-state index contributed by atoms with van der Waals surface area (Å²) in [5.41, 5.74) is -1.21. The Hall–Kier alpha value is -2.35. The SMILES string of the molecule is CCC[C@@]1(C2CCNCC2)NC(=O)N(Cc2cc(=O)c(OC)co2)C1=O. The smallest absolute Gasteiger partial charge is 0.325 e. The average molecular weight is 363 g/mol. The van der Waals surface area contributed by atoms with Crippen LogP contribution in [0.1, 0.15) is 38.4 Å². The molecule has 0 aromatic carbocycles.